The van der Waals surface area contributed by atoms with Gasteiger partial charge in [0.1, 0.15) is 11.4 Å². The molecule has 0 aliphatic carbocycles. The summed E-state index contributed by atoms with van der Waals surface area (Å²) >= 11 is 0. The Morgan fingerprint density at radius 1 is 1.29 bits per heavy atom. The number of benzene rings is 1. The lowest BCUT2D eigenvalue weighted by Gasteiger charge is -2.32. The van der Waals surface area contributed by atoms with Gasteiger partial charge in [0.05, 0.1) is 18.9 Å². The van der Waals surface area contributed by atoms with Crippen LogP contribution in [0.3, 0.4) is 0 Å². The quantitative estimate of drug-likeness (QED) is 0.914. The van der Waals surface area contributed by atoms with Gasteiger partial charge < -0.3 is 14.7 Å². The van der Waals surface area contributed by atoms with E-state index in [0.717, 1.165) is 45.8 Å². The minimum absolute atomic E-state index is 0.222. The SMILES string of the molecule is O=C(O)c1c(F)cccc1N1CCC(N2CCOCC2)C1. The van der Waals surface area contributed by atoms with Crippen LogP contribution in [0.15, 0.2) is 18.2 Å². The lowest BCUT2D eigenvalue weighted by molar-refractivity contribution is 0.0209. The molecule has 1 N–H and O–H groups in total. The van der Waals surface area contributed by atoms with Crippen molar-refractivity contribution in [3.63, 3.8) is 0 Å². The van der Waals surface area contributed by atoms with Crippen LogP contribution in [0.4, 0.5) is 10.1 Å². The van der Waals surface area contributed by atoms with Gasteiger partial charge in [0.15, 0.2) is 0 Å². The second kappa shape index (κ2) is 5.99. The number of carbonyl (C=O) groups is 1. The van der Waals surface area contributed by atoms with Crippen molar-refractivity contribution in [2.24, 2.45) is 0 Å². The lowest BCUT2D eigenvalue weighted by Crippen LogP contribution is -2.44. The number of rotatable bonds is 3. The molecule has 1 aromatic carbocycles. The Labute approximate surface area is 122 Å². The van der Waals surface area contributed by atoms with Gasteiger partial charge in [0.2, 0.25) is 0 Å². The summed E-state index contributed by atoms with van der Waals surface area (Å²) in [5, 5.41) is 9.23. The van der Waals surface area contributed by atoms with Crippen molar-refractivity contribution in [2.45, 2.75) is 12.5 Å². The van der Waals surface area contributed by atoms with E-state index in [9.17, 15) is 14.3 Å². The molecule has 21 heavy (non-hydrogen) atoms. The van der Waals surface area contributed by atoms with Gasteiger partial charge in [-0.15, -0.1) is 0 Å². The van der Waals surface area contributed by atoms with Crippen LogP contribution in [0.5, 0.6) is 0 Å². The van der Waals surface area contributed by atoms with E-state index < -0.39 is 11.8 Å². The Morgan fingerprint density at radius 2 is 2.05 bits per heavy atom. The molecule has 1 aromatic rings. The number of aromatic carboxylic acids is 1. The minimum atomic E-state index is -1.21. The van der Waals surface area contributed by atoms with Crippen LogP contribution in [-0.2, 0) is 4.74 Å². The summed E-state index contributed by atoms with van der Waals surface area (Å²) in [5.74, 6) is -1.88. The maximum atomic E-state index is 13.8. The molecule has 5 nitrogen and oxygen atoms in total. The first-order valence-corrected chi connectivity index (χ1v) is 7.25. The molecule has 1 atom stereocenters. The van der Waals surface area contributed by atoms with Crippen molar-refractivity contribution in [3.8, 4) is 0 Å². The Hall–Kier alpha value is -1.66. The zero-order valence-corrected chi connectivity index (χ0v) is 11.8. The zero-order chi connectivity index (χ0) is 14.8. The third-order valence-electron chi connectivity index (χ3n) is 4.27. The summed E-state index contributed by atoms with van der Waals surface area (Å²) in [6.07, 6.45) is 0.968. The van der Waals surface area contributed by atoms with Gasteiger partial charge in [-0.05, 0) is 18.6 Å². The van der Waals surface area contributed by atoms with Crippen LogP contribution < -0.4 is 4.90 Å². The highest BCUT2D eigenvalue weighted by molar-refractivity contribution is 5.94. The van der Waals surface area contributed by atoms with E-state index in [1.807, 2.05) is 4.90 Å². The summed E-state index contributed by atoms with van der Waals surface area (Å²) in [5.41, 5.74) is 0.262. The third kappa shape index (κ3) is 2.87. The molecular formula is C15H19FN2O3. The van der Waals surface area contributed by atoms with Crippen molar-refractivity contribution >= 4 is 11.7 Å². The Kier molecular flexibility index (Phi) is 4.07. The highest BCUT2D eigenvalue weighted by Gasteiger charge is 2.31. The second-order valence-corrected chi connectivity index (χ2v) is 5.48. The van der Waals surface area contributed by atoms with E-state index >= 15 is 0 Å². The number of ether oxygens (including phenoxy) is 1. The molecule has 2 aliphatic heterocycles. The van der Waals surface area contributed by atoms with Crippen LogP contribution in [0.25, 0.3) is 0 Å². The number of carboxylic acids is 1. The molecule has 2 fully saturated rings. The third-order valence-corrected chi connectivity index (χ3v) is 4.27. The van der Waals surface area contributed by atoms with Crippen LogP contribution >= 0.6 is 0 Å². The number of halogens is 1. The van der Waals surface area contributed by atoms with Crippen LogP contribution in [0.2, 0.25) is 0 Å². The van der Waals surface area contributed by atoms with Crippen LogP contribution in [0, 0.1) is 5.82 Å². The first-order valence-electron chi connectivity index (χ1n) is 7.25. The maximum absolute atomic E-state index is 13.8. The number of hydrogen-bond acceptors (Lipinski definition) is 4. The second-order valence-electron chi connectivity index (χ2n) is 5.48. The van der Waals surface area contributed by atoms with E-state index in [-0.39, 0.29) is 5.56 Å². The fourth-order valence-corrected chi connectivity index (χ4v) is 3.19. The number of anilines is 1. The van der Waals surface area contributed by atoms with Gasteiger partial charge in [0, 0.05) is 32.2 Å². The number of carboxylic acid groups (broad SMARTS) is 1. The first-order chi connectivity index (χ1) is 10.2. The fraction of sp³-hybridized carbons (Fsp3) is 0.533. The van der Waals surface area contributed by atoms with Crippen molar-refractivity contribution < 1.29 is 19.0 Å². The minimum Gasteiger partial charge on any atom is -0.478 e. The largest absolute Gasteiger partial charge is 0.478 e. The van der Waals surface area contributed by atoms with Gasteiger partial charge in [-0.1, -0.05) is 6.07 Å². The molecule has 1 unspecified atom stereocenters. The molecule has 0 spiro atoms. The molecule has 0 aromatic heterocycles. The number of nitrogens with zero attached hydrogens (tertiary/aromatic N) is 2. The van der Waals surface area contributed by atoms with Crippen molar-refractivity contribution in [2.75, 3.05) is 44.3 Å². The summed E-state index contributed by atoms with van der Waals surface area (Å²) in [7, 11) is 0. The lowest BCUT2D eigenvalue weighted by atomic mass is 10.1. The molecule has 0 amide bonds. The zero-order valence-electron chi connectivity index (χ0n) is 11.8. The average Bonchev–Trinajstić information content (AvgIpc) is 2.97. The average molecular weight is 294 g/mol. The molecule has 6 heteroatoms. The fourth-order valence-electron chi connectivity index (χ4n) is 3.19. The molecule has 2 aliphatic rings. The standard InChI is InChI=1S/C15H19FN2O3/c16-12-2-1-3-13(14(12)15(19)20)18-5-4-11(10-18)17-6-8-21-9-7-17/h1-3,11H,4-10H2,(H,19,20). The van der Waals surface area contributed by atoms with E-state index in [1.165, 1.54) is 6.07 Å². The smallest absolute Gasteiger partial charge is 0.340 e. The van der Waals surface area contributed by atoms with Crippen LogP contribution in [0.1, 0.15) is 16.8 Å². The topological polar surface area (TPSA) is 53.0 Å². The molecule has 0 bridgehead atoms. The maximum Gasteiger partial charge on any atom is 0.340 e. The molecule has 2 saturated heterocycles. The molecule has 3 rings (SSSR count). The van der Waals surface area contributed by atoms with E-state index in [0.29, 0.717) is 11.7 Å². The first kappa shape index (κ1) is 14.3. The highest BCUT2D eigenvalue weighted by Crippen LogP contribution is 2.28. The normalized spacial score (nSPS) is 23.5. The van der Waals surface area contributed by atoms with Gasteiger partial charge in [-0.25, -0.2) is 9.18 Å². The van der Waals surface area contributed by atoms with Gasteiger partial charge in [-0.2, -0.15) is 0 Å². The van der Waals surface area contributed by atoms with Gasteiger partial charge in [-0.3, -0.25) is 4.90 Å². The Bertz CT molecular complexity index is 532. The number of morpholine rings is 1. The van der Waals surface area contributed by atoms with E-state index in [4.69, 9.17) is 4.74 Å². The van der Waals surface area contributed by atoms with Crippen molar-refractivity contribution in [1.29, 1.82) is 0 Å². The summed E-state index contributed by atoms with van der Waals surface area (Å²) in [6, 6.07) is 4.84. The summed E-state index contributed by atoms with van der Waals surface area (Å²) in [4.78, 5) is 15.6. The molecule has 2 heterocycles. The summed E-state index contributed by atoms with van der Waals surface area (Å²) < 4.78 is 19.1. The number of hydrogen-bond donors (Lipinski definition) is 1. The Balaban J connectivity index is 1.77. The van der Waals surface area contributed by atoms with E-state index in [2.05, 4.69) is 4.90 Å². The Morgan fingerprint density at radius 3 is 2.76 bits per heavy atom. The predicted octanol–water partition coefficient (Wildman–Crippen LogP) is 1.43. The molecule has 0 radical (unpaired) electrons. The predicted molar refractivity (Wildman–Crippen MR) is 76.4 cm³/mol. The van der Waals surface area contributed by atoms with Gasteiger partial charge >= 0.3 is 5.97 Å². The molecule has 0 saturated carbocycles. The van der Waals surface area contributed by atoms with Crippen molar-refractivity contribution in [1.82, 2.24) is 4.90 Å². The van der Waals surface area contributed by atoms with Crippen molar-refractivity contribution in [3.05, 3.63) is 29.6 Å². The highest BCUT2D eigenvalue weighted by atomic mass is 19.1. The summed E-state index contributed by atoms with van der Waals surface area (Å²) in [6.45, 7) is 4.81. The molecule has 114 valence electrons. The van der Waals surface area contributed by atoms with Crippen LogP contribution in [-0.4, -0.2) is 61.4 Å². The monoisotopic (exact) mass is 294 g/mol. The molecular weight excluding hydrogens is 275 g/mol. The van der Waals surface area contributed by atoms with E-state index in [1.54, 1.807) is 12.1 Å². The van der Waals surface area contributed by atoms with Gasteiger partial charge in [0.25, 0.3) is 0 Å².